The van der Waals surface area contributed by atoms with Crippen LogP contribution in [0.4, 0.5) is 4.79 Å². The van der Waals surface area contributed by atoms with Crippen molar-refractivity contribution in [1.29, 1.82) is 5.26 Å². The second kappa shape index (κ2) is 7.37. The number of hydrogen-bond donors (Lipinski definition) is 0. The van der Waals surface area contributed by atoms with Crippen molar-refractivity contribution in [2.24, 2.45) is 5.92 Å². The van der Waals surface area contributed by atoms with Crippen molar-refractivity contribution in [1.82, 2.24) is 14.5 Å². The molecule has 32 heavy (non-hydrogen) atoms. The largest absolute Gasteiger partial charge is 0.441 e. The first-order valence-corrected chi connectivity index (χ1v) is 11.6. The Labute approximate surface area is 187 Å². The number of aryl methyl sites for hydroxylation is 1. The minimum Gasteiger partial charge on any atom is -0.441 e. The van der Waals surface area contributed by atoms with Gasteiger partial charge >= 0.3 is 6.09 Å². The summed E-state index contributed by atoms with van der Waals surface area (Å²) in [5.74, 6) is 0.413. The number of amides is 1. The Bertz CT molecular complexity index is 1240. The van der Waals surface area contributed by atoms with E-state index >= 15 is 0 Å². The summed E-state index contributed by atoms with van der Waals surface area (Å²) in [6.45, 7) is 1.52. The van der Waals surface area contributed by atoms with Crippen LogP contribution in [0.5, 0.6) is 0 Å². The lowest BCUT2D eigenvalue weighted by Gasteiger charge is -2.36. The van der Waals surface area contributed by atoms with Gasteiger partial charge < -0.3 is 9.30 Å². The zero-order chi connectivity index (χ0) is 21.7. The maximum Gasteiger partial charge on any atom is 0.411 e. The molecule has 0 radical (unpaired) electrons. The summed E-state index contributed by atoms with van der Waals surface area (Å²) < 4.78 is 8.28. The SMILES string of the molecule is N#Cc1ccc2ncn(C[C@H]3CCC[C@]4(C3)CN([C@H]3CCc5ccccc53)C(=O)O4)c2c1. The van der Waals surface area contributed by atoms with Gasteiger partial charge in [-0.3, -0.25) is 4.90 Å². The van der Waals surface area contributed by atoms with Crippen molar-refractivity contribution in [3.8, 4) is 6.07 Å². The fourth-order valence-corrected chi connectivity index (χ4v) is 6.13. The summed E-state index contributed by atoms with van der Waals surface area (Å²) in [7, 11) is 0. The maximum atomic E-state index is 13.0. The average Bonchev–Trinajstić information content (AvgIpc) is 3.49. The summed E-state index contributed by atoms with van der Waals surface area (Å²) in [6.07, 6.45) is 7.71. The number of benzene rings is 2. The van der Waals surface area contributed by atoms with Crippen molar-refractivity contribution in [3.63, 3.8) is 0 Å². The average molecular weight is 427 g/mol. The zero-order valence-electron chi connectivity index (χ0n) is 18.0. The van der Waals surface area contributed by atoms with Gasteiger partial charge in [0.2, 0.25) is 0 Å². The van der Waals surface area contributed by atoms with E-state index < -0.39 is 0 Å². The van der Waals surface area contributed by atoms with Crippen LogP contribution in [0.1, 0.15) is 54.8 Å². The fourth-order valence-electron chi connectivity index (χ4n) is 6.13. The Morgan fingerprint density at radius 1 is 1.22 bits per heavy atom. The van der Waals surface area contributed by atoms with Gasteiger partial charge in [-0.05, 0) is 73.8 Å². The number of carbonyl (C=O) groups is 1. The predicted octanol–water partition coefficient (Wildman–Crippen LogP) is 4.98. The van der Waals surface area contributed by atoms with E-state index in [0.29, 0.717) is 18.0 Å². The van der Waals surface area contributed by atoms with Crippen molar-refractivity contribution >= 4 is 17.1 Å². The van der Waals surface area contributed by atoms with Crippen LogP contribution >= 0.6 is 0 Å². The van der Waals surface area contributed by atoms with Gasteiger partial charge in [0, 0.05) is 6.54 Å². The molecule has 0 unspecified atom stereocenters. The van der Waals surface area contributed by atoms with Gasteiger partial charge in [0.1, 0.15) is 5.60 Å². The first-order valence-electron chi connectivity index (χ1n) is 11.6. The lowest BCUT2D eigenvalue weighted by molar-refractivity contribution is 0.00408. The second-order valence-corrected chi connectivity index (χ2v) is 9.61. The number of nitriles is 1. The molecular weight excluding hydrogens is 400 g/mol. The molecule has 2 aromatic carbocycles. The molecule has 1 saturated heterocycles. The normalized spacial score (nSPS) is 27.0. The van der Waals surface area contributed by atoms with E-state index in [1.807, 2.05) is 29.4 Å². The molecule has 2 heterocycles. The zero-order valence-corrected chi connectivity index (χ0v) is 18.0. The summed E-state index contributed by atoms with van der Waals surface area (Å²) in [4.78, 5) is 19.5. The number of hydrogen-bond acceptors (Lipinski definition) is 4. The molecular formula is C26H26N4O2. The summed E-state index contributed by atoms with van der Waals surface area (Å²) in [6, 6.07) is 16.5. The highest BCUT2D eigenvalue weighted by Crippen LogP contribution is 2.45. The van der Waals surface area contributed by atoms with Gasteiger partial charge in [-0.15, -0.1) is 0 Å². The highest BCUT2D eigenvalue weighted by Gasteiger charge is 2.50. The van der Waals surface area contributed by atoms with E-state index in [-0.39, 0.29) is 17.7 Å². The van der Waals surface area contributed by atoms with Gasteiger partial charge in [-0.2, -0.15) is 5.26 Å². The van der Waals surface area contributed by atoms with Crippen LogP contribution in [0.15, 0.2) is 48.8 Å². The van der Waals surface area contributed by atoms with E-state index in [4.69, 9.17) is 4.74 Å². The van der Waals surface area contributed by atoms with Crippen LogP contribution in [-0.4, -0.2) is 32.7 Å². The van der Waals surface area contributed by atoms with Crippen LogP contribution in [0.3, 0.4) is 0 Å². The van der Waals surface area contributed by atoms with Crippen molar-refractivity contribution < 1.29 is 9.53 Å². The van der Waals surface area contributed by atoms with Crippen molar-refractivity contribution in [3.05, 3.63) is 65.5 Å². The molecule has 6 nitrogen and oxygen atoms in total. The fraction of sp³-hybridized carbons (Fsp3) is 0.423. The minimum atomic E-state index is -0.383. The summed E-state index contributed by atoms with van der Waals surface area (Å²) >= 11 is 0. The molecule has 0 N–H and O–H groups in total. The smallest absolute Gasteiger partial charge is 0.411 e. The molecule has 0 bridgehead atoms. The van der Waals surface area contributed by atoms with Gasteiger partial charge in [-0.25, -0.2) is 9.78 Å². The Morgan fingerprint density at radius 3 is 3.03 bits per heavy atom. The number of fused-ring (bicyclic) bond motifs is 2. The van der Waals surface area contributed by atoms with E-state index in [1.54, 1.807) is 0 Å². The second-order valence-electron chi connectivity index (χ2n) is 9.61. The van der Waals surface area contributed by atoms with Crippen molar-refractivity contribution in [2.75, 3.05) is 6.54 Å². The third-order valence-corrected chi connectivity index (χ3v) is 7.58. The molecule has 1 aliphatic heterocycles. The van der Waals surface area contributed by atoms with Crippen LogP contribution in [0.25, 0.3) is 11.0 Å². The van der Waals surface area contributed by atoms with Crippen LogP contribution < -0.4 is 0 Å². The Hall–Kier alpha value is -3.33. The number of aromatic nitrogens is 2. The first-order chi connectivity index (χ1) is 15.6. The maximum absolute atomic E-state index is 13.0. The van der Waals surface area contributed by atoms with E-state index in [0.717, 1.165) is 56.1 Å². The number of imidazole rings is 1. The molecule has 162 valence electrons. The molecule has 6 rings (SSSR count). The lowest BCUT2D eigenvalue weighted by Crippen LogP contribution is -2.41. The molecule has 2 aliphatic carbocycles. The molecule has 1 spiro atoms. The Balaban J connectivity index is 1.21. The van der Waals surface area contributed by atoms with Crippen LogP contribution in [0, 0.1) is 17.2 Å². The molecule has 6 heteroatoms. The van der Waals surface area contributed by atoms with Gasteiger partial charge in [0.15, 0.2) is 0 Å². The molecule has 1 amide bonds. The summed E-state index contributed by atoms with van der Waals surface area (Å²) in [5.41, 5.74) is 4.82. The molecule has 2 fully saturated rings. The topological polar surface area (TPSA) is 71.2 Å². The van der Waals surface area contributed by atoms with Gasteiger partial charge in [0.05, 0.1) is 41.6 Å². The quantitative estimate of drug-likeness (QED) is 0.592. The predicted molar refractivity (Wildman–Crippen MR) is 120 cm³/mol. The van der Waals surface area contributed by atoms with E-state index in [9.17, 15) is 10.1 Å². The number of nitrogens with zero attached hydrogens (tertiary/aromatic N) is 4. The van der Waals surface area contributed by atoms with Crippen molar-refractivity contribution in [2.45, 2.75) is 56.7 Å². The summed E-state index contributed by atoms with van der Waals surface area (Å²) in [5, 5.41) is 9.25. The lowest BCUT2D eigenvalue weighted by atomic mass is 9.77. The first kappa shape index (κ1) is 19.4. The molecule has 3 atom stereocenters. The number of ether oxygens (including phenoxy) is 1. The molecule has 1 saturated carbocycles. The highest BCUT2D eigenvalue weighted by molar-refractivity contribution is 5.77. The Kier molecular flexibility index (Phi) is 4.46. The van der Waals surface area contributed by atoms with Crippen LogP contribution in [0.2, 0.25) is 0 Å². The van der Waals surface area contributed by atoms with Gasteiger partial charge in [-0.1, -0.05) is 24.3 Å². The number of rotatable bonds is 3. The minimum absolute atomic E-state index is 0.139. The number of carbonyl (C=O) groups excluding carboxylic acids is 1. The van der Waals surface area contributed by atoms with Crippen LogP contribution in [-0.2, 0) is 17.7 Å². The monoisotopic (exact) mass is 426 g/mol. The van der Waals surface area contributed by atoms with E-state index in [2.05, 4.69) is 39.9 Å². The molecule has 3 aliphatic rings. The standard InChI is InChI=1S/C26H26N4O2/c27-14-18-7-9-22-24(12-18)29(17-28-22)15-19-4-3-11-26(13-19)16-30(25(31)32-26)23-10-8-20-5-1-2-6-21(20)23/h1-2,5-7,9,12,17,19,23H,3-4,8,10-11,13,15-16H2/t19-,23-,26-/m0/s1. The molecule has 1 aromatic heterocycles. The van der Waals surface area contributed by atoms with E-state index in [1.165, 1.54) is 11.1 Å². The highest BCUT2D eigenvalue weighted by atomic mass is 16.6. The van der Waals surface area contributed by atoms with Gasteiger partial charge in [0.25, 0.3) is 0 Å². The third kappa shape index (κ3) is 3.15. The molecule has 3 aromatic rings. The third-order valence-electron chi connectivity index (χ3n) is 7.58. The Morgan fingerprint density at radius 2 is 2.12 bits per heavy atom.